The molecule has 33 heavy (non-hydrogen) atoms. The Morgan fingerprint density at radius 1 is 1.15 bits per heavy atom. The molecule has 0 aliphatic carbocycles. The molecule has 8 heteroatoms. The van der Waals surface area contributed by atoms with E-state index in [1.807, 2.05) is 23.1 Å². The lowest BCUT2D eigenvalue weighted by atomic mass is 10.1. The molecule has 6 rings (SSSR count). The van der Waals surface area contributed by atoms with Gasteiger partial charge in [0.05, 0.1) is 10.4 Å². The first kappa shape index (κ1) is 20.5. The molecule has 1 N–H and O–H groups in total. The number of likely N-dealkylation sites (tertiary alicyclic amines) is 2. The van der Waals surface area contributed by atoms with Crippen LogP contribution < -0.4 is 0 Å². The quantitative estimate of drug-likeness (QED) is 0.491. The molecule has 3 aromatic heterocycles. The predicted molar refractivity (Wildman–Crippen MR) is 130 cm³/mol. The van der Waals surface area contributed by atoms with Crippen LogP contribution in [0.25, 0.3) is 32.0 Å². The Labute approximate surface area is 196 Å². The third-order valence-corrected chi connectivity index (χ3v) is 7.98. The first-order chi connectivity index (χ1) is 16.2. The summed E-state index contributed by atoms with van der Waals surface area (Å²) in [6, 6.07) is 10.5. The highest BCUT2D eigenvalue weighted by molar-refractivity contribution is 7.18. The van der Waals surface area contributed by atoms with Crippen LogP contribution in [0.5, 0.6) is 0 Å². The highest BCUT2D eigenvalue weighted by atomic mass is 32.1. The number of para-hydroxylation sites is 1. The molecule has 1 aromatic carbocycles. The zero-order chi connectivity index (χ0) is 22.4. The Kier molecular flexibility index (Phi) is 5.19. The second kappa shape index (κ2) is 8.35. The number of thiazole rings is 1. The molecular weight excluding hydrogens is 432 g/mol. The number of aryl methyl sites for hydroxylation is 1. The second-order valence-electron chi connectivity index (χ2n) is 8.94. The fourth-order valence-corrected chi connectivity index (χ4v) is 6.15. The number of aromatic nitrogens is 4. The molecule has 0 radical (unpaired) electrons. The zero-order valence-electron chi connectivity index (χ0n) is 18.6. The van der Waals surface area contributed by atoms with E-state index in [1.165, 1.54) is 24.2 Å². The summed E-state index contributed by atoms with van der Waals surface area (Å²) in [5, 5.41) is 9.48. The molecule has 7 nitrogen and oxygen atoms in total. The molecule has 1 amide bonds. The Hall–Kier alpha value is -3.10. The van der Waals surface area contributed by atoms with Crippen molar-refractivity contribution in [2.75, 3.05) is 26.2 Å². The summed E-state index contributed by atoms with van der Waals surface area (Å²) in [6.45, 7) is 5.92. The first-order valence-corrected chi connectivity index (χ1v) is 12.4. The first-order valence-electron chi connectivity index (χ1n) is 11.6. The van der Waals surface area contributed by atoms with Gasteiger partial charge < -0.3 is 4.90 Å². The standard InChI is InChI=1S/C25H26N6OS/c1-16-6-4-8-19-20(16)28-29-21(19)24-27-22(23(33-24)17-7-5-10-26-14-17)25(32)31-13-9-18(15-31)30-11-2-3-12-30/h4-8,10,14,18H,2-3,9,11-13,15H2,1H3,(H,28,29). The lowest BCUT2D eigenvalue weighted by molar-refractivity contribution is 0.0776. The molecule has 1 atom stereocenters. The fourth-order valence-electron chi connectivity index (χ4n) is 5.09. The Morgan fingerprint density at radius 2 is 2.03 bits per heavy atom. The number of carbonyl (C=O) groups excluding carboxylic acids is 1. The number of hydrogen-bond donors (Lipinski definition) is 1. The number of aromatic amines is 1. The normalized spacial score (nSPS) is 19.1. The molecule has 168 valence electrons. The van der Waals surface area contributed by atoms with Crippen molar-refractivity contribution in [2.45, 2.75) is 32.2 Å². The number of nitrogens with one attached hydrogen (secondary N) is 1. The van der Waals surface area contributed by atoms with Gasteiger partial charge >= 0.3 is 0 Å². The maximum Gasteiger partial charge on any atom is 0.274 e. The van der Waals surface area contributed by atoms with Crippen molar-refractivity contribution in [3.05, 3.63) is 54.0 Å². The van der Waals surface area contributed by atoms with Gasteiger partial charge in [0.25, 0.3) is 5.91 Å². The van der Waals surface area contributed by atoms with E-state index in [1.54, 1.807) is 12.4 Å². The van der Waals surface area contributed by atoms with Gasteiger partial charge in [0.15, 0.2) is 0 Å². The number of nitrogens with zero attached hydrogens (tertiary/aromatic N) is 5. The molecule has 5 heterocycles. The van der Waals surface area contributed by atoms with E-state index in [2.05, 4.69) is 39.1 Å². The second-order valence-corrected chi connectivity index (χ2v) is 9.94. The molecule has 0 bridgehead atoms. The fraction of sp³-hybridized carbons (Fsp3) is 0.360. The molecule has 2 fully saturated rings. The van der Waals surface area contributed by atoms with Crippen LogP contribution in [0, 0.1) is 6.92 Å². The lowest BCUT2D eigenvalue weighted by Crippen LogP contribution is -2.37. The van der Waals surface area contributed by atoms with Crippen molar-refractivity contribution >= 4 is 28.1 Å². The molecule has 2 saturated heterocycles. The number of benzene rings is 1. The Bertz CT molecular complexity index is 1310. The van der Waals surface area contributed by atoms with Crippen LogP contribution in [0.2, 0.25) is 0 Å². The average molecular weight is 459 g/mol. The van der Waals surface area contributed by atoms with Crippen LogP contribution in [0.4, 0.5) is 0 Å². The third kappa shape index (κ3) is 3.63. The van der Waals surface area contributed by atoms with Crippen LogP contribution in [0.15, 0.2) is 42.7 Å². The highest BCUT2D eigenvalue weighted by Gasteiger charge is 2.34. The summed E-state index contributed by atoms with van der Waals surface area (Å²) in [5.41, 5.74) is 4.34. The number of fused-ring (bicyclic) bond motifs is 1. The van der Waals surface area contributed by atoms with Crippen molar-refractivity contribution < 1.29 is 4.79 Å². The third-order valence-electron chi connectivity index (χ3n) is 6.86. The van der Waals surface area contributed by atoms with E-state index in [-0.39, 0.29) is 5.91 Å². The summed E-state index contributed by atoms with van der Waals surface area (Å²) < 4.78 is 0. The molecular formula is C25H26N6OS. The Morgan fingerprint density at radius 3 is 2.85 bits per heavy atom. The number of H-pyrrole nitrogens is 1. The van der Waals surface area contributed by atoms with Crippen LogP contribution in [0.3, 0.4) is 0 Å². The summed E-state index contributed by atoms with van der Waals surface area (Å²) in [6.07, 6.45) is 7.13. The summed E-state index contributed by atoms with van der Waals surface area (Å²) in [4.78, 5) is 28.3. The Balaban J connectivity index is 1.38. The van der Waals surface area contributed by atoms with Crippen LogP contribution in [-0.2, 0) is 0 Å². The minimum absolute atomic E-state index is 0.0121. The SMILES string of the molecule is Cc1cccc2c(-c3nc(C(=O)N4CCC(N5CCCC5)C4)c(-c4cccnc4)s3)[nH]nc12. The van der Waals surface area contributed by atoms with E-state index < -0.39 is 0 Å². The van der Waals surface area contributed by atoms with E-state index in [0.717, 1.165) is 70.2 Å². The van der Waals surface area contributed by atoms with E-state index in [0.29, 0.717) is 11.7 Å². The topological polar surface area (TPSA) is 78.0 Å². The number of rotatable bonds is 4. The largest absolute Gasteiger partial charge is 0.336 e. The van der Waals surface area contributed by atoms with E-state index >= 15 is 0 Å². The molecule has 2 aliphatic heterocycles. The van der Waals surface area contributed by atoms with Crippen LogP contribution in [0.1, 0.15) is 35.3 Å². The van der Waals surface area contributed by atoms with Gasteiger partial charge in [-0.25, -0.2) is 4.98 Å². The lowest BCUT2D eigenvalue weighted by Gasteiger charge is -2.23. The molecule has 1 unspecified atom stereocenters. The van der Waals surface area contributed by atoms with Crippen molar-refractivity contribution in [1.29, 1.82) is 0 Å². The minimum Gasteiger partial charge on any atom is -0.336 e. The summed E-state index contributed by atoms with van der Waals surface area (Å²) >= 11 is 1.52. The van der Waals surface area contributed by atoms with Crippen LogP contribution >= 0.6 is 11.3 Å². The smallest absolute Gasteiger partial charge is 0.274 e. The summed E-state index contributed by atoms with van der Waals surface area (Å²) in [5.74, 6) is 0.0121. The van der Waals surface area contributed by atoms with Crippen molar-refractivity contribution in [3.63, 3.8) is 0 Å². The summed E-state index contributed by atoms with van der Waals surface area (Å²) in [7, 11) is 0. The average Bonchev–Trinajstić information content (AvgIpc) is 3.64. The molecule has 4 aromatic rings. The maximum absolute atomic E-state index is 13.7. The van der Waals surface area contributed by atoms with Crippen molar-refractivity contribution in [3.8, 4) is 21.1 Å². The highest BCUT2D eigenvalue weighted by Crippen LogP contribution is 2.38. The van der Waals surface area contributed by atoms with Gasteiger partial charge in [-0.3, -0.25) is 19.8 Å². The zero-order valence-corrected chi connectivity index (χ0v) is 19.4. The number of carbonyl (C=O) groups is 1. The van der Waals surface area contributed by atoms with Gasteiger partial charge in [0, 0.05) is 42.5 Å². The predicted octanol–water partition coefficient (Wildman–Crippen LogP) is 4.37. The van der Waals surface area contributed by atoms with Gasteiger partial charge in [-0.2, -0.15) is 5.10 Å². The van der Waals surface area contributed by atoms with Gasteiger partial charge in [-0.1, -0.05) is 24.3 Å². The number of hydrogen-bond acceptors (Lipinski definition) is 6. The minimum atomic E-state index is 0.0121. The molecule has 0 saturated carbocycles. The molecule has 0 spiro atoms. The van der Waals surface area contributed by atoms with Crippen molar-refractivity contribution in [2.24, 2.45) is 0 Å². The van der Waals surface area contributed by atoms with Gasteiger partial charge in [-0.05, 0) is 50.9 Å². The monoisotopic (exact) mass is 458 g/mol. The van der Waals surface area contributed by atoms with Crippen LogP contribution in [-0.4, -0.2) is 68.1 Å². The van der Waals surface area contributed by atoms with E-state index in [4.69, 9.17) is 4.98 Å². The van der Waals surface area contributed by atoms with E-state index in [9.17, 15) is 4.79 Å². The maximum atomic E-state index is 13.7. The van der Waals surface area contributed by atoms with Gasteiger partial charge in [0.2, 0.25) is 0 Å². The van der Waals surface area contributed by atoms with Gasteiger partial charge in [-0.15, -0.1) is 11.3 Å². The molecule has 2 aliphatic rings. The van der Waals surface area contributed by atoms with Gasteiger partial charge in [0.1, 0.15) is 16.4 Å². The number of amides is 1. The number of pyridine rings is 1. The van der Waals surface area contributed by atoms with Crippen molar-refractivity contribution in [1.82, 2.24) is 30.0 Å².